The lowest BCUT2D eigenvalue weighted by Gasteiger charge is -2.46. The van der Waals surface area contributed by atoms with Gasteiger partial charge in [-0.15, -0.1) is 5.10 Å². The van der Waals surface area contributed by atoms with Crippen molar-refractivity contribution in [2.45, 2.75) is 37.6 Å². The Bertz CT molecular complexity index is 716. The summed E-state index contributed by atoms with van der Waals surface area (Å²) in [6, 6.07) is 2.55. The van der Waals surface area contributed by atoms with Gasteiger partial charge in [-0.1, -0.05) is 0 Å². The Morgan fingerprint density at radius 1 is 1.14 bits per heavy atom. The lowest BCUT2D eigenvalue weighted by molar-refractivity contribution is 0.00496. The van der Waals surface area contributed by atoms with E-state index in [4.69, 9.17) is 15.6 Å². The van der Waals surface area contributed by atoms with Gasteiger partial charge in [0.2, 0.25) is 0 Å². The predicted molar refractivity (Wildman–Crippen MR) is 81.8 cm³/mol. The molecular formula is C15H20N6O. The number of fused-ring (bicyclic) bond motifs is 4. The van der Waals surface area contributed by atoms with E-state index in [1.54, 1.807) is 0 Å². The fraction of sp³-hybridized carbons (Fsp3) is 0.667. The molecule has 116 valence electrons. The van der Waals surface area contributed by atoms with Crippen LogP contribution in [0, 0.1) is 5.92 Å². The SMILES string of the molecule is Nc1cc(N2CC3CCC2CC3)n2nc(C3COC3)nc2n1. The van der Waals surface area contributed by atoms with E-state index in [-0.39, 0.29) is 0 Å². The van der Waals surface area contributed by atoms with Gasteiger partial charge < -0.3 is 15.4 Å². The highest BCUT2D eigenvalue weighted by atomic mass is 16.5. The summed E-state index contributed by atoms with van der Waals surface area (Å²) in [5.41, 5.74) is 6.02. The highest BCUT2D eigenvalue weighted by Crippen LogP contribution is 2.38. The first-order valence-corrected chi connectivity index (χ1v) is 8.15. The van der Waals surface area contributed by atoms with Gasteiger partial charge in [0.25, 0.3) is 5.78 Å². The molecule has 2 bridgehead atoms. The summed E-state index contributed by atoms with van der Waals surface area (Å²) < 4.78 is 7.13. The second kappa shape index (κ2) is 4.55. The van der Waals surface area contributed by atoms with Gasteiger partial charge in [-0.2, -0.15) is 14.5 Å². The molecule has 0 spiro atoms. The zero-order valence-corrected chi connectivity index (χ0v) is 12.5. The highest BCUT2D eigenvalue weighted by molar-refractivity contribution is 5.55. The summed E-state index contributed by atoms with van der Waals surface area (Å²) in [6.07, 6.45) is 5.25. The maximum Gasteiger partial charge on any atom is 0.256 e. The molecule has 0 aromatic carbocycles. The summed E-state index contributed by atoms with van der Waals surface area (Å²) in [4.78, 5) is 11.4. The number of nitrogens with two attached hydrogens (primary N) is 1. The number of rotatable bonds is 2. The maximum absolute atomic E-state index is 6.02. The normalized spacial score (nSPS) is 28.3. The minimum absolute atomic E-state index is 0.300. The Balaban J connectivity index is 1.61. The predicted octanol–water partition coefficient (Wildman–Crippen LogP) is 1.20. The average molecular weight is 300 g/mol. The molecule has 1 saturated carbocycles. The van der Waals surface area contributed by atoms with E-state index in [2.05, 4.69) is 14.9 Å². The first-order valence-electron chi connectivity index (χ1n) is 8.15. The summed E-state index contributed by atoms with van der Waals surface area (Å²) in [5, 5.41) is 4.70. The lowest BCUT2D eigenvalue weighted by atomic mass is 9.80. The van der Waals surface area contributed by atoms with E-state index in [0.29, 0.717) is 36.8 Å². The van der Waals surface area contributed by atoms with Gasteiger partial charge in [0.15, 0.2) is 5.82 Å². The molecule has 2 aromatic rings. The third-order valence-corrected chi connectivity index (χ3v) is 5.34. The maximum atomic E-state index is 6.02. The van der Waals surface area contributed by atoms with Crippen molar-refractivity contribution in [1.82, 2.24) is 19.6 Å². The van der Waals surface area contributed by atoms with E-state index in [0.717, 1.165) is 24.1 Å². The quantitative estimate of drug-likeness (QED) is 0.897. The zero-order chi connectivity index (χ0) is 14.7. The van der Waals surface area contributed by atoms with Crippen LogP contribution < -0.4 is 10.6 Å². The van der Waals surface area contributed by atoms with Crippen LogP contribution in [0.1, 0.15) is 37.4 Å². The summed E-state index contributed by atoms with van der Waals surface area (Å²) >= 11 is 0. The Hall–Kier alpha value is -1.89. The van der Waals surface area contributed by atoms with E-state index in [9.17, 15) is 0 Å². The molecule has 0 atom stereocenters. The molecule has 0 unspecified atom stereocenters. The molecule has 5 heterocycles. The summed E-state index contributed by atoms with van der Waals surface area (Å²) in [6.45, 7) is 2.51. The van der Waals surface area contributed by atoms with Gasteiger partial charge in [0.1, 0.15) is 11.6 Å². The van der Waals surface area contributed by atoms with E-state index < -0.39 is 0 Å². The Morgan fingerprint density at radius 2 is 1.95 bits per heavy atom. The highest BCUT2D eigenvalue weighted by Gasteiger charge is 2.35. The van der Waals surface area contributed by atoms with E-state index in [1.165, 1.54) is 25.7 Å². The number of ether oxygens (including phenoxy) is 1. The van der Waals surface area contributed by atoms with Crippen molar-refractivity contribution in [3.8, 4) is 0 Å². The van der Waals surface area contributed by atoms with Crippen molar-refractivity contribution in [1.29, 1.82) is 0 Å². The Labute approximate surface area is 128 Å². The molecule has 2 N–H and O–H groups in total. The van der Waals surface area contributed by atoms with Crippen molar-refractivity contribution < 1.29 is 4.74 Å². The van der Waals surface area contributed by atoms with Crippen LogP contribution in [-0.4, -0.2) is 45.4 Å². The number of aromatic nitrogens is 4. The lowest BCUT2D eigenvalue weighted by Crippen LogP contribution is -2.49. The van der Waals surface area contributed by atoms with Crippen LogP contribution in [0.25, 0.3) is 5.78 Å². The number of anilines is 2. The molecule has 2 aromatic heterocycles. The minimum atomic E-state index is 0.300. The van der Waals surface area contributed by atoms with Gasteiger partial charge in [-0.25, -0.2) is 0 Å². The fourth-order valence-electron chi connectivity index (χ4n) is 4.00. The van der Waals surface area contributed by atoms with Gasteiger partial charge in [0, 0.05) is 18.7 Å². The number of piperidine rings is 2. The molecular weight excluding hydrogens is 280 g/mol. The van der Waals surface area contributed by atoms with E-state index in [1.807, 2.05) is 10.6 Å². The molecule has 6 rings (SSSR count). The van der Waals surface area contributed by atoms with Crippen molar-refractivity contribution in [2.75, 3.05) is 30.4 Å². The third kappa shape index (κ3) is 1.81. The van der Waals surface area contributed by atoms with Crippen LogP contribution in [0.3, 0.4) is 0 Å². The van der Waals surface area contributed by atoms with Crippen LogP contribution in [0.5, 0.6) is 0 Å². The van der Waals surface area contributed by atoms with Crippen LogP contribution in [-0.2, 0) is 4.74 Å². The Kier molecular flexibility index (Phi) is 2.61. The van der Waals surface area contributed by atoms with Crippen molar-refractivity contribution in [3.05, 3.63) is 11.9 Å². The topological polar surface area (TPSA) is 81.6 Å². The first-order chi connectivity index (χ1) is 10.8. The standard InChI is InChI=1S/C15H20N6O/c16-12-5-13(20-6-9-1-3-11(20)4-2-9)21-15(17-12)18-14(19-21)10-7-22-8-10/h5,9-11H,1-4,6-8H2,(H2,16,17,18,19). The molecule has 0 radical (unpaired) electrons. The fourth-order valence-corrected chi connectivity index (χ4v) is 4.00. The second-order valence-electron chi connectivity index (χ2n) is 6.78. The van der Waals surface area contributed by atoms with E-state index >= 15 is 0 Å². The largest absolute Gasteiger partial charge is 0.383 e. The van der Waals surface area contributed by atoms with Crippen molar-refractivity contribution >= 4 is 17.4 Å². The smallest absolute Gasteiger partial charge is 0.256 e. The van der Waals surface area contributed by atoms with Gasteiger partial charge in [-0.3, -0.25) is 0 Å². The van der Waals surface area contributed by atoms with Crippen LogP contribution in [0.2, 0.25) is 0 Å². The van der Waals surface area contributed by atoms with Gasteiger partial charge >= 0.3 is 0 Å². The molecule has 7 heteroatoms. The molecule has 1 aliphatic carbocycles. The minimum Gasteiger partial charge on any atom is -0.383 e. The number of nitrogens with zero attached hydrogens (tertiary/aromatic N) is 5. The first kappa shape index (κ1) is 12.6. The average Bonchev–Trinajstić information content (AvgIpc) is 2.88. The number of hydrogen-bond acceptors (Lipinski definition) is 6. The van der Waals surface area contributed by atoms with Crippen LogP contribution in [0.15, 0.2) is 6.07 Å². The molecule has 3 saturated heterocycles. The second-order valence-corrected chi connectivity index (χ2v) is 6.78. The third-order valence-electron chi connectivity index (χ3n) is 5.34. The zero-order valence-electron chi connectivity index (χ0n) is 12.5. The van der Waals surface area contributed by atoms with Gasteiger partial charge in [-0.05, 0) is 31.6 Å². The monoisotopic (exact) mass is 300 g/mol. The van der Waals surface area contributed by atoms with Gasteiger partial charge in [0.05, 0.1) is 19.1 Å². The van der Waals surface area contributed by atoms with Crippen LogP contribution >= 0.6 is 0 Å². The molecule has 4 fully saturated rings. The molecule has 4 aliphatic rings. The molecule has 7 nitrogen and oxygen atoms in total. The van der Waals surface area contributed by atoms with Crippen molar-refractivity contribution in [3.63, 3.8) is 0 Å². The molecule has 3 aliphatic heterocycles. The summed E-state index contributed by atoms with van der Waals surface area (Å²) in [5.74, 6) is 4.11. The molecule has 0 amide bonds. The number of hydrogen-bond donors (Lipinski definition) is 1. The number of nitrogen functional groups attached to an aromatic ring is 1. The van der Waals surface area contributed by atoms with Crippen molar-refractivity contribution in [2.24, 2.45) is 5.92 Å². The Morgan fingerprint density at radius 3 is 2.59 bits per heavy atom. The summed E-state index contributed by atoms with van der Waals surface area (Å²) in [7, 11) is 0. The molecule has 22 heavy (non-hydrogen) atoms. The van der Waals surface area contributed by atoms with Crippen LogP contribution in [0.4, 0.5) is 11.6 Å².